The largest absolute Gasteiger partial charge is 0.380 e. The van der Waals surface area contributed by atoms with E-state index in [-0.39, 0.29) is 5.91 Å². The topological polar surface area (TPSA) is 50.4 Å². The summed E-state index contributed by atoms with van der Waals surface area (Å²) in [6.07, 6.45) is 2.59. The minimum Gasteiger partial charge on any atom is -0.380 e. The predicted molar refractivity (Wildman–Crippen MR) is 71.4 cm³/mol. The van der Waals surface area contributed by atoms with Gasteiger partial charge in [-0.3, -0.25) is 4.79 Å². The summed E-state index contributed by atoms with van der Waals surface area (Å²) in [5, 5.41) is 6.08. The molecule has 1 aromatic carbocycles. The van der Waals surface area contributed by atoms with Crippen LogP contribution in [0.2, 0.25) is 0 Å². The third-order valence-corrected chi connectivity index (χ3v) is 3.01. The van der Waals surface area contributed by atoms with E-state index >= 15 is 0 Å². The van der Waals surface area contributed by atoms with Crippen LogP contribution >= 0.6 is 0 Å². The molecule has 18 heavy (non-hydrogen) atoms. The van der Waals surface area contributed by atoms with Crippen molar-refractivity contribution in [1.82, 2.24) is 5.32 Å². The minimum atomic E-state index is -0.000738. The van der Waals surface area contributed by atoms with E-state index in [2.05, 4.69) is 10.6 Å². The number of amides is 1. The van der Waals surface area contributed by atoms with Gasteiger partial charge < -0.3 is 15.4 Å². The van der Waals surface area contributed by atoms with Crippen molar-refractivity contribution < 1.29 is 9.53 Å². The van der Waals surface area contributed by atoms with Crippen molar-refractivity contribution in [3.63, 3.8) is 0 Å². The Morgan fingerprint density at radius 1 is 1.39 bits per heavy atom. The van der Waals surface area contributed by atoms with Gasteiger partial charge in [-0.25, -0.2) is 0 Å². The lowest BCUT2D eigenvalue weighted by molar-refractivity contribution is -0.115. The van der Waals surface area contributed by atoms with Gasteiger partial charge >= 0.3 is 0 Å². The van der Waals surface area contributed by atoms with E-state index in [0.29, 0.717) is 13.2 Å². The van der Waals surface area contributed by atoms with E-state index < -0.39 is 0 Å². The fourth-order valence-corrected chi connectivity index (χ4v) is 1.83. The molecular formula is C14H20N2O2. The summed E-state index contributed by atoms with van der Waals surface area (Å²) in [5.74, 6) is 0.790. The lowest BCUT2D eigenvalue weighted by Crippen LogP contribution is -2.29. The first kappa shape index (κ1) is 13.1. The van der Waals surface area contributed by atoms with E-state index in [0.717, 1.165) is 23.7 Å². The quantitative estimate of drug-likeness (QED) is 0.773. The normalized spacial score (nSPS) is 14.5. The molecule has 1 saturated carbocycles. The van der Waals surface area contributed by atoms with Gasteiger partial charge in [-0.05, 0) is 31.4 Å². The molecule has 0 aliphatic heterocycles. The molecule has 4 nitrogen and oxygen atoms in total. The average Bonchev–Trinajstić information content (AvgIpc) is 3.16. The van der Waals surface area contributed by atoms with Crippen LogP contribution in [0.4, 0.5) is 5.69 Å². The zero-order chi connectivity index (χ0) is 12.8. The molecule has 1 aromatic rings. The van der Waals surface area contributed by atoms with Gasteiger partial charge in [0.05, 0.1) is 13.2 Å². The molecule has 0 radical (unpaired) electrons. The Kier molecular flexibility index (Phi) is 4.73. The smallest absolute Gasteiger partial charge is 0.238 e. The number of rotatable bonds is 7. The third-order valence-electron chi connectivity index (χ3n) is 3.01. The van der Waals surface area contributed by atoms with E-state index in [1.54, 1.807) is 7.11 Å². The van der Waals surface area contributed by atoms with Crippen LogP contribution in [0.3, 0.4) is 0 Å². The fourth-order valence-electron chi connectivity index (χ4n) is 1.83. The number of methoxy groups -OCH3 is 1. The number of hydrogen-bond acceptors (Lipinski definition) is 3. The molecular weight excluding hydrogens is 228 g/mol. The molecule has 1 amide bonds. The number of ether oxygens (including phenoxy) is 1. The minimum absolute atomic E-state index is 0.000738. The summed E-state index contributed by atoms with van der Waals surface area (Å²) in [6.45, 7) is 1.83. The third kappa shape index (κ3) is 4.13. The summed E-state index contributed by atoms with van der Waals surface area (Å²) in [4.78, 5) is 11.8. The van der Waals surface area contributed by atoms with Crippen molar-refractivity contribution in [2.45, 2.75) is 19.4 Å². The first-order valence-corrected chi connectivity index (χ1v) is 6.37. The Bertz CT molecular complexity index is 403. The molecule has 0 atom stereocenters. The summed E-state index contributed by atoms with van der Waals surface area (Å²) in [5.41, 5.74) is 1.83. The Morgan fingerprint density at radius 3 is 2.89 bits per heavy atom. The van der Waals surface area contributed by atoms with Gasteiger partial charge in [0.1, 0.15) is 0 Å². The van der Waals surface area contributed by atoms with Gasteiger partial charge in [0.2, 0.25) is 5.91 Å². The van der Waals surface area contributed by atoms with Gasteiger partial charge in [0.25, 0.3) is 0 Å². The second kappa shape index (κ2) is 6.52. The van der Waals surface area contributed by atoms with Crippen molar-refractivity contribution in [2.75, 3.05) is 25.5 Å². The first-order valence-electron chi connectivity index (χ1n) is 6.37. The summed E-state index contributed by atoms with van der Waals surface area (Å²) >= 11 is 0. The number of hydrogen-bond donors (Lipinski definition) is 2. The van der Waals surface area contributed by atoms with Gasteiger partial charge in [-0.2, -0.15) is 0 Å². The van der Waals surface area contributed by atoms with Crippen LogP contribution in [0.15, 0.2) is 24.3 Å². The molecule has 98 valence electrons. The SMILES string of the molecule is COCc1ccccc1NC(=O)CNCC1CC1. The number of carbonyl (C=O) groups is 1. The van der Waals surface area contributed by atoms with E-state index in [1.807, 2.05) is 24.3 Å². The fraction of sp³-hybridized carbons (Fsp3) is 0.500. The van der Waals surface area contributed by atoms with E-state index in [1.165, 1.54) is 12.8 Å². The first-order chi connectivity index (χ1) is 8.79. The predicted octanol–water partition coefficient (Wildman–Crippen LogP) is 1.77. The molecule has 2 N–H and O–H groups in total. The monoisotopic (exact) mass is 248 g/mol. The average molecular weight is 248 g/mol. The molecule has 1 aliphatic carbocycles. The molecule has 1 fully saturated rings. The van der Waals surface area contributed by atoms with Crippen LogP contribution in [0.25, 0.3) is 0 Å². The lowest BCUT2D eigenvalue weighted by atomic mass is 10.2. The maximum atomic E-state index is 11.8. The molecule has 4 heteroatoms. The van der Waals surface area contributed by atoms with Gasteiger partial charge in [0, 0.05) is 18.4 Å². The van der Waals surface area contributed by atoms with Crippen molar-refractivity contribution in [1.29, 1.82) is 0 Å². The Hall–Kier alpha value is -1.39. The molecule has 2 rings (SSSR count). The van der Waals surface area contributed by atoms with E-state index in [4.69, 9.17) is 4.74 Å². The molecule has 1 aliphatic rings. The number of nitrogens with one attached hydrogen (secondary N) is 2. The summed E-state index contributed by atoms with van der Waals surface area (Å²) < 4.78 is 5.10. The number of para-hydroxylation sites is 1. The highest BCUT2D eigenvalue weighted by molar-refractivity contribution is 5.92. The maximum absolute atomic E-state index is 11.8. The number of benzene rings is 1. The second-order valence-electron chi connectivity index (χ2n) is 4.71. The Balaban J connectivity index is 1.81. The molecule has 0 aromatic heterocycles. The van der Waals surface area contributed by atoms with Crippen LogP contribution < -0.4 is 10.6 Å². The number of anilines is 1. The molecule has 0 unspecified atom stereocenters. The van der Waals surface area contributed by atoms with Crippen molar-refractivity contribution in [3.8, 4) is 0 Å². The van der Waals surface area contributed by atoms with Crippen molar-refractivity contribution in [2.24, 2.45) is 5.92 Å². The Labute approximate surface area is 108 Å². The standard InChI is InChI=1S/C14H20N2O2/c1-18-10-12-4-2-3-5-13(12)16-14(17)9-15-8-11-6-7-11/h2-5,11,15H,6-10H2,1H3,(H,16,17). The van der Waals surface area contributed by atoms with Gasteiger partial charge in [0.15, 0.2) is 0 Å². The van der Waals surface area contributed by atoms with Crippen LogP contribution in [0.1, 0.15) is 18.4 Å². The highest BCUT2D eigenvalue weighted by Gasteiger charge is 2.20. The van der Waals surface area contributed by atoms with Crippen LogP contribution in [-0.2, 0) is 16.1 Å². The molecule has 0 heterocycles. The van der Waals surface area contributed by atoms with E-state index in [9.17, 15) is 4.79 Å². The van der Waals surface area contributed by atoms with Crippen LogP contribution in [0, 0.1) is 5.92 Å². The van der Waals surface area contributed by atoms with Crippen LogP contribution in [-0.4, -0.2) is 26.1 Å². The zero-order valence-electron chi connectivity index (χ0n) is 10.7. The van der Waals surface area contributed by atoms with Gasteiger partial charge in [-0.15, -0.1) is 0 Å². The van der Waals surface area contributed by atoms with Gasteiger partial charge in [-0.1, -0.05) is 18.2 Å². The zero-order valence-corrected chi connectivity index (χ0v) is 10.7. The number of carbonyl (C=O) groups excluding carboxylic acids is 1. The summed E-state index contributed by atoms with van der Waals surface area (Å²) in [6, 6.07) is 7.70. The molecule has 0 spiro atoms. The van der Waals surface area contributed by atoms with Crippen molar-refractivity contribution in [3.05, 3.63) is 29.8 Å². The highest BCUT2D eigenvalue weighted by atomic mass is 16.5. The maximum Gasteiger partial charge on any atom is 0.238 e. The van der Waals surface area contributed by atoms with Crippen molar-refractivity contribution >= 4 is 11.6 Å². The molecule has 0 bridgehead atoms. The highest BCUT2D eigenvalue weighted by Crippen LogP contribution is 2.27. The lowest BCUT2D eigenvalue weighted by Gasteiger charge is -2.10. The second-order valence-corrected chi connectivity index (χ2v) is 4.71. The van der Waals surface area contributed by atoms with Crippen LogP contribution in [0.5, 0.6) is 0 Å². The summed E-state index contributed by atoms with van der Waals surface area (Å²) in [7, 11) is 1.65. The molecule has 0 saturated heterocycles. The Morgan fingerprint density at radius 2 is 2.17 bits per heavy atom.